The van der Waals surface area contributed by atoms with Gasteiger partial charge >= 0.3 is 5.97 Å². The fourth-order valence-corrected chi connectivity index (χ4v) is 3.82. The summed E-state index contributed by atoms with van der Waals surface area (Å²) in [6, 6.07) is 9.64. The Hall–Kier alpha value is -2.51. The van der Waals surface area contributed by atoms with E-state index in [0.29, 0.717) is 16.1 Å². The zero-order valence-electron chi connectivity index (χ0n) is 13.6. The number of fused-ring (bicyclic) bond motifs is 1. The molecule has 26 heavy (non-hydrogen) atoms. The molecule has 5 nitrogen and oxygen atoms in total. The lowest BCUT2D eigenvalue weighted by molar-refractivity contribution is -0.140. The van der Waals surface area contributed by atoms with Crippen molar-refractivity contribution in [2.45, 2.75) is 19.4 Å². The number of rotatable bonds is 4. The highest BCUT2D eigenvalue weighted by atomic mass is 35.5. The molecule has 134 valence electrons. The summed E-state index contributed by atoms with van der Waals surface area (Å²) in [7, 11) is 0. The largest absolute Gasteiger partial charge is 0.480 e. The van der Waals surface area contributed by atoms with Crippen molar-refractivity contribution in [3.8, 4) is 0 Å². The number of carboxylic acid groups (broad SMARTS) is 1. The second kappa shape index (κ2) is 7.39. The highest BCUT2D eigenvalue weighted by Crippen LogP contribution is 2.25. The van der Waals surface area contributed by atoms with Gasteiger partial charge in [-0.05, 0) is 42.8 Å². The van der Waals surface area contributed by atoms with Crippen molar-refractivity contribution < 1.29 is 19.1 Å². The lowest BCUT2D eigenvalue weighted by Gasteiger charge is -2.13. The maximum atomic E-state index is 14.2. The quantitative estimate of drug-likeness (QED) is 0.720. The Morgan fingerprint density at radius 1 is 1.27 bits per heavy atom. The van der Waals surface area contributed by atoms with Crippen LogP contribution in [0.1, 0.15) is 29.7 Å². The maximum Gasteiger partial charge on any atom is 0.326 e. The van der Waals surface area contributed by atoms with Crippen molar-refractivity contribution in [1.29, 1.82) is 0 Å². The summed E-state index contributed by atoms with van der Waals surface area (Å²) in [6.45, 7) is 1.71. The van der Waals surface area contributed by atoms with E-state index in [-0.39, 0.29) is 15.9 Å². The first kappa shape index (κ1) is 18.3. The molecule has 8 heteroatoms. The van der Waals surface area contributed by atoms with Crippen LogP contribution in [0.15, 0.2) is 47.5 Å². The van der Waals surface area contributed by atoms with Crippen LogP contribution in [0.3, 0.4) is 0 Å². The van der Waals surface area contributed by atoms with Gasteiger partial charge in [0.25, 0.3) is 5.91 Å². The zero-order valence-corrected chi connectivity index (χ0v) is 15.2. The van der Waals surface area contributed by atoms with Crippen LogP contribution in [-0.2, 0) is 4.79 Å². The Balaban J connectivity index is 2.24. The number of nitrogens with zero attached hydrogens (tertiary/aromatic N) is 2. The van der Waals surface area contributed by atoms with E-state index in [0.717, 1.165) is 11.3 Å². The number of thiazole rings is 1. The standard InChI is InChI=1S/C18H14ClFN2O3S/c1-2-13(17(24)25)22-14-5-3-4-12(20)15(14)26-18(22)21-16(23)10-6-8-11(19)9-7-10/h3-9,13H,2H2,1H3,(H,24,25). The summed E-state index contributed by atoms with van der Waals surface area (Å²) in [5.74, 6) is -2.11. The van der Waals surface area contributed by atoms with E-state index in [2.05, 4.69) is 4.99 Å². The van der Waals surface area contributed by atoms with Crippen molar-refractivity contribution in [3.05, 3.63) is 63.7 Å². The minimum atomic E-state index is -1.07. The summed E-state index contributed by atoms with van der Waals surface area (Å²) in [5, 5.41) is 10.0. The average Bonchev–Trinajstić information content (AvgIpc) is 2.95. The molecular weight excluding hydrogens is 379 g/mol. The number of hydrogen-bond donors (Lipinski definition) is 1. The Morgan fingerprint density at radius 3 is 2.58 bits per heavy atom. The maximum absolute atomic E-state index is 14.2. The summed E-state index contributed by atoms with van der Waals surface area (Å²) in [6.07, 6.45) is 0.264. The third kappa shape index (κ3) is 3.40. The number of halogens is 2. The predicted octanol–water partition coefficient (Wildman–Crippen LogP) is 4.27. The van der Waals surface area contributed by atoms with Crippen molar-refractivity contribution in [3.63, 3.8) is 0 Å². The van der Waals surface area contributed by atoms with Gasteiger partial charge in [0.1, 0.15) is 11.9 Å². The zero-order chi connectivity index (χ0) is 18.8. The number of carboxylic acids is 1. The molecule has 0 aliphatic rings. The highest BCUT2D eigenvalue weighted by molar-refractivity contribution is 7.16. The fourth-order valence-electron chi connectivity index (χ4n) is 2.62. The minimum Gasteiger partial charge on any atom is -0.480 e. The monoisotopic (exact) mass is 392 g/mol. The molecule has 1 atom stereocenters. The molecule has 0 saturated carbocycles. The Morgan fingerprint density at radius 2 is 1.96 bits per heavy atom. The Labute approximate surface area is 157 Å². The molecule has 0 fully saturated rings. The van der Waals surface area contributed by atoms with Crippen molar-refractivity contribution in [2.75, 3.05) is 0 Å². The average molecular weight is 393 g/mol. The van der Waals surface area contributed by atoms with E-state index in [1.165, 1.54) is 28.8 Å². The third-order valence-electron chi connectivity index (χ3n) is 3.88. The second-order valence-corrected chi connectivity index (χ2v) is 6.94. The molecule has 1 amide bonds. The van der Waals surface area contributed by atoms with Gasteiger partial charge in [-0.15, -0.1) is 0 Å². The lowest BCUT2D eigenvalue weighted by atomic mass is 10.2. The number of carbonyl (C=O) groups excluding carboxylic acids is 1. The molecule has 3 aromatic rings. The minimum absolute atomic E-state index is 0.138. The third-order valence-corrected chi connectivity index (χ3v) is 5.21. The van der Waals surface area contributed by atoms with Crippen LogP contribution in [0.2, 0.25) is 5.02 Å². The first-order chi connectivity index (χ1) is 12.4. The van der Waals surface area contributed by atoms with Gasteiger partial charge in [-0.1, -0.05) is 35.9 Å². The van der Waals surface area contributed by atoms with Crippen LogP contribution in [0.5, 0.6) is 0 Å². The molecule has 1 N–H and O–H groups in total. The normalized spacial score (nSPS) is 13.1. The molecule has 3 rings (SSSR count). The number of carbonyl (C=O) groups is 2. The molecule has 1 heterocycles. The molecule has 2 aromatic carbocycles. The molecule has 0 saturated heterocycles. The van der Waals surface area contributed by atoms with E-state index < -0.39 is 23.7 Å². The van der Waals surface area contributed by atoms with E-state index in [4.69, 9.17) is 11.6 Å². The van der Waals surface area contributed by atoms with Crippen LogP contribution < -0.4 is 4.80 Å². The number of aromatic nitrogens is 1. The van der Waals surface area contributed by atoms with Crippen molar-refractivity contribution in [2.24, 2.45) is 4.99 Å². The smallest absolute Gasteiger partial charge is 0.326 e. The van der Waals surface area contributed by atoms with Gasteiger partial charge in [0.15, 0.2) is 4.80 Å². The SMILES string of the molecule is CCC(C(=O)O)n1c(=NC(=O)c2ccc(Cl)cc2)sc2c(F)cccc21. The Bertz CT molecular complexity index is 1060. The molecule has 0 bridgehead atoms. The Kier molecular flexibility index (Phi) is 5.20. The predicted molar refractivity (Wildman–Crippen MR) is 98.1 cm³/mol. The van der Waals surface area contributed by atoms with Gasteiger partial charge in [0.2, 0.25) is 0 Å². The number of hydrogen-bond acceptors (Lipinski definition) is 3. The van der Waals surface area contributed by atoms with Gasteiger partial charge in [-0.2, -0.15) is 4.99 Å². The first-order valence-corrected chi connectivity index (χ1v) is 8.98. The molecule has 1 unspecified atom stereocenters. The van der Waals surface area contributed by atoms with Gasteiger partial charge in [0, 0.05) is 10.6 Å². The summed E-state index contributed by atoms with van der Waals surface area (Å²) >= 11 is 6.77. The van der Waals surface area contributed by atoms with E-state index in [9.17, 15) is 19.1 Å². The number of benzene rings is 2. The van der Waals surface area contributed by atoms with Gasteiger partial charge in [-0.25, -0.2) is 9.18 Å². The van der Waals surface area contributed by atoms with Gasteiger partial charge in [-0.3, -0.25) is 4.79 Å². The van der Waals surface area contributed by atoms with Crippen LogP contribution in [0, 0.1) is 5.82 Å². The molecule has 0 radical (unpaired) electrons. The van der Waals surface area contributed by atoms with Gasteiger partial charge < -0.3 is 9.67 Å². The lowest BCUT2D eigenvalue weighted by Crippen LogP contribution is -2.27. The van der Waals surface area contributed by atoms with Gasteiger partial charge in [0.05, 0.1) is 10.2 Å². The summed E-state index contributed by atoms with van der Waals surface area (Å²) in [4.78, 5) is 28.3. The molecule has 0 aliphatic heterocycles. The van der Waals surface area contributed by atoms with E-state index in [1.807, 2.05) is 0 Å². The first-order valence-electron chi connectivity index (χ1n) is 7.79. The van der Waals surface area contributed by atoms with Crippen molar-refractivity contribution >= 4 is 45.0 Å². The second-order valence-electron chi connectivity index (χ2n) is 5.53. The topological polar surface area (TPSA) is 71.7 Å². The fraction of sp³-hybridized carbons (Fsp3) is 0.167. The summed E-state index contributed by atoms with van der Waals surface area (Å²) in [5.41, 5.74) is 0.703. The number of aliphatic carboxylic acids is 1. The van der Waals surface area contributed by atoms with Crippen molar-refractivity contribution in [1.82, 2.24) is 4.57 Å². The van der Waals surface area contributed by atoms with Crippen LogP contribution in [0.25, 0.3) is 10.2 Å². The molecule has 1 aromatic heterocycles. The highest BCUT2D eigenvalue weighted by Gasteiger charge is 2.23. The van der Waals surface area contributed by atoms with Crippen LogP contribution >= 0.6 is 22.9 Å². The van der Waals surface area contributed by atoms with Crippen LogP contribution in [0.4, 0.5) is 4.39 Å². The molecule has 0 aliphatic carbocycles. The number of amides is 1. The summed E-state index contributed by atoms with van der Waals surface area (Å²) < 4.78 is 15.8. The van der Waals surface area contributed by atoms with E-state index >= 15 is 0 Å². The molecular formula is C18H14ClFN2O3S. The molecule has 0 spiro atoms. The van der Waals surface area contributed by atoms with E-state index in [1.54, 1.807) is 25.1 Å². The van der Waals surface area contributed by atoms with Crippen LogP contribution in [-0.4, -0.2) is 21.6 Å².